The lowest BCUT2D eigenvalue weighted by Gasteiger charge is -2.26. The first kappa shape index (κ1) is 21.4. The second kappa shape index (κ2) is 8.70. The molecule has 4 rings (SSSR count). The van der Waals surface area contributed by atoms with Gasteiger partial charge in [-0.2, -0.15) is 0 Å². The lowest BCUT2D eigenvalue weighted by Crippen LogP contribution is -2.24. The minimum Gasteiger partial charge on any atom is -0.462 e. The van der Waals surface area contributed by atoms with E-state index in [1.54, 1.807) is 32.9 Å². The van der Waals surface area contributed by atoms with E-state index in [9.17, 15) is 14.4 Å². The van der Waals surface area contributed by atoms with Crippen molar-refractivity contribution in [2.45, 2.75) is 26.7 Å². The lowest BCUT2D eigenvalue weighted by molar-refractivity contribution is -0.143. The average Bonchev–Trinajstić information content (AvgIpc) is 3.09. The fourth-order valence-corrected chi connectivity index (χ4v) is 3.99. The van der Waals surface area contributed by atoms with Gasteiger partial charge in [0.2, 0.25) is 5.78 Å². The highest BCUT2D eigenvalue weighted by atomic mass is 16.5. The summed E-state index contributed by atoms with van der Waals surface area (Å²) in [6.45, 7) is 4.85. The molecule has 0 saturated heterocycles. The molecule has 3 aromatic rings. The zero-order valence-corrected chi connectivity index (χ0v) is 18.1. The van der Waals surface area contributed by atoms with Crippen LogP contribution in [0.1, 0.15) is 56.1 Å². The first-order valence-corrected chi connectivity index (χ1v) is 10.3. The normalized spacial score (nSPS) is 12.3. The van der Waals surface area contributed by atoms with Crippen LogP contribution in [0.3, 0.4) is 0 Å². The van der Waals surface area contributed by atoms with Crippen molar-refractivity contribution in [3.8, 4) is 11.5 Å². The summed E-state index contributed by atoms with van der Waals surface area (Å²) in [7, 11) is 0. The SMILES string of the molecule is CCOC(=O)c1c(C)[nH]c(C(=O)COC(=O)C2c3ccccc3Oc3ccccc32)c1C. The quantitative estimate of drug-likeness (QED) is 0.455. The van der Waals surface area contributed by atoms with Crippen molar-refractivity contribution in [2.75, 3.05) is 13.2 Å². The van der Waals surface area contributed by atoms with E-state index in [-0.39, 0.29) is 12.3 Å². The van der Waals surface area contributed by atoms with E-state index in [4.69, 9.17) is 14.2 Å². The molecule has 0 atom stereocenters. The number of Topliss-reactive ketones (excluding diaryl/α,β-unsaturated/α-hetero) is 1. The Labute approximate surface area is 185 Å². The summed E-state index contributed by atoms with van der Waals surface area (Å²) in [6.07, 6.45) is 0. The number of aromatic nitrogens is 1. The number of hydrogen-bond donors (Lipinski definition) is 1. The summed E-state index contributed by atoms with van der Waals surface area (Å²) in [4.78, 5) is 41.0. The topological polar surface area (TPSA) is 94.7 Å². The molecule has 1 aliphatic rings. The largest absolute Gasteiger partial charge is 0.462 e. The van der Waals surface area contributed by atoms with E-state index < -0.39 is 30.2 Å². The monoisotopic (exact) mass is 433 g/mol. The van der Waals surface area contributed by atoms with Crippen LogP contribution in [0.2, 0.25) is 0 Å². The number of fused-ring (bicyclic) bond motifs is 2. The maximum atomic E-state index is 13.1. The van der Waals surface area contributed by atoms with Gasteiger partial charge < -0.3 is 19.2 Å². The number of nitrogens with one attached hydrogen (secondary N) is 1. The average molecular weight is 433 g/mol. The maximum absolute atomic E-state index is 13.1. The van der Waals surface area contributed by atoms with Crippen LogP contribution >= 0.6 is 0 Å². The van der Waals surface area contributed by atoms with Crippen LogP contribution in [0.25, 0.3) is 0 Å². The van der Waals surface area contributed by atoms with Crippen LogP contribution in [0.4, 0.5) is 0 Å². The Bertz CT molecular complexity index is 1160. The molecule has 0 radical (unpaired) electrons. The minimum absolute atomic E-state index is 0.228. The molecule has 164 valence electrons. The van der Waals surface area contributed by atoms with E-state index in [0.29, 0.717) is 39.4 Å². The number of aryl methyl sites for hydroxylation is 1. The van der Waals surface area contributed by atoms with Crippen LogP contribution in [-0.4, -0.2) is 35.9 Å². The van der Waals surface area contributed by atoms with E-state index >= 15 is 0 Å². The highest BCUT2D eigenvalue weighted by Gasteiger charge is 2.34. The molecule has 32 heavy (non-hydrogen) atoms. The number of H-pyrrole nitrogens is 1. The summed E-state index contributed by atoms with van der Waals surface area (Å²) in [6, 6.07) is 14.5. The molecule has 0 fully saturated rings. The van der Waals surface area contributed by atoms with Crippen molar-refractivity contribution in [1.82, 2.24) is 4.98 Å². The predicted octanol–water partition coefficient (Wildman–Crippen LogP) is 4.47. The molecule has 0 aliphatic carbocycles. The zero-order chi connectivity index (χ0) is 22.8. The molecule has 0 bridgehead atoms. The van der Waals surface area contributed by atoms with Gasteiger partial charge in [-0.3, -0.25) is 9.59 Å². The number of aromatic amines is 1. The van der Waals surface area contributed by atoms with Gasteiger partial charge in [-0.1, -0.05) is 36.4 Å². The predicted molar refractivity (Wildman–Crippen MR) is 116 cm³/mol. The molecule has 0 amide bonds. The number of rotatable bonds is 6. The summed E-state index contributed by atoms with van der Waals surface area (Å²) < 4.78 is 16.4. The molecule has 1 N–H and O–H groups in total. The third kappa shape index (κ3) is 3.77. The number of carbonyl (C=O) groups excluding carboxylic acids is 3. The molecule has 1 aliphatic heterocycles. The van der Waals surface area contributed by atoms with E-state index in [2.05, 4.69) is 4.98 Å². The number of para-hydroxylation sites is 2. The summed E-state index contributed by atoms with van der Waals surface area (Å²) in [5.41, 5.74) is 2.92. The van der Waals surface area contributed by atoms with Crippen molar-refractivity contribution in [3.63, 3.8) is 0 Å². The van der Waals surface area contributed by atoms with Gasteiger partial charge in [-0.15, -0.1) is 0 Å². The van der Waals surface area contributed by atoms with Crippen molar-refractivity contribution in [1.29, 1.82) is 0 Å². The maximum Gasteiger partial charge on any atom is 0.340 e. The number of hydrogen-bond acceptors (Lipinski definition) is 6. The first-order valence-electron chi connectivity index (χ1n) is 10.3. The number of ketones is 1. The number of benzene rings is 2. The smallest absolute Gasteiger partial charge is 0.340 e. The van der Waals surface area contributed by atoms with Gasteiger partial charge in [-0.05, 0) is 38.5 Å². The summed E-state index contributed by atoms with van der Waals surface area (Å²) >= 11 is 0. The van der Waals surface area contributed by atoms with E-state index in [1.807, 2.05) is 36.4 Å². The number of carbonyl (C=O) groups is 3. The van der Waals surface area contributed by atoms with Gasteiger partial charge in [0.1, 0.15) is 17.4 Å². The molecule has 2 heterocycles. The standard InChI is InChI=1S/C25H23NO6/c1-4-30-24(28)21-14(2)23(26-15(21)3)18(27)13-31-25(29)22-16-9-5-7-11-19(16)32-20-12-8-6-10-17(20)22/h5-12,22,26H,4,13H2,1-3H3. The van der Waals surface area contributed by atoms with Gasteiger partial charge in [0.05, 0.1) is 17.9 Å². The second-order valence-electron chi connectivity index (χ2n) is 7.49. The van der Waals surface area contributed by atoms with E-state index in [1.165, 1.54) is 0 Å². The summed E-state index contributed by atoms with van der Waals surface area (Å²) in [5.74, 6) is -1.02. The fourth-order valence-electron chi connectivity index (χ4n) is 3.99. The molecule has 1 aromatic heterocycles. The molecular weight excluding hydrogens is 410 g/mol. The Morgan fingerprint density at radius 2 is 1.53 bits per heavy atom. The Balaban J connectivity index is 1.55. The van der Waals surface area contributed by atoms with Gasteiger partial charge >= 0.3 is 11.9 Å². The van der Waals surface area contributed by atoms with Crippen LogP contribution < -0.4 is 4.74 Å². The minimum atomic E-state index is -0.703. The molecule has 7 heteroatoms. The van der Waals surface area contributed by atoms with Gasteiger partial charge in [-0.25, -0.2) is 4.79 Å². The second-order valence-corrected chi connectivity index (χ2v) is 7.49. The van der Waals surface area contributed by atoms with Crippen molar-refractivity contribution < 1.29 is 28.6 Å². The zero-order valence-electron chi connectivity index (χ0n) is 18.1. The van der Waals surface area contributed by atoms with Gasteiger partial charge in [0, 0.05) is 16.8 Å². The summed E-state index contributed by atoms with van der Waals surface area (Å²) in [5, 5.41) is 0. The number of esters is 2. The molecular formula is C25H23NO6. The molecule has 0 saturated carbocycles. The Morgan fingerprint density at radius 1 is 0.938 bits per heavy atom. The van der Waals surface area contributed by atoms with E-state index in [0.717, 1.165) is 0 Å². The Hall–Kier alpha value is -3.87. The fraction of sp³-hybridized carbons (Fsp3) is 0.240. The van der Waals surface area contributed by atoms with Crippen molar-refractivity contribution in [2.24, 2.45) is 0 Å². The van der Waals surface area contributed by atoms with Crippen LogP contribution in [-0.2, 0) is 14.3 Å². The molecule has 7 nitrogen and oxygen atoms in total. The van der Waals surface area contributed by atoms with Crippen LogP contribution in [0.5, 0.6) is 11.5 Å². The van der Waals surface area contributed by atoms with Gasteiger partial charge in [0.25, 0.3) is 0 Å². The Morgan fingerprint density at radius 3 is 2.12 bits per heavy atom. The third-order valence-electron chi connectivity index (χ3n) is 5.46. The Kier molecular flexibility index (Phi) is 5.81. The molecule has 2 aromatic carbocycles. The van der Waals surface area contributed by atoms with Gasteiger partial charge in [0.15, 0.2) is 6.61 Å². The third-order valence-corrected chi connectivity index (χ3v) is 5.46. The first-order chi connectivity index (χ1) is 15.4. The van der Waals surface area contributed by atoms with Crippen molar-refractivity contribution >= 4 is 17.7 Å². The lowest BCUT2D eigenvalue weighted by atomic mass is 9.88. The molecule has 0 spiro atoms. The van der Waals surface area contributed by atoms with Crippen LogP contribution in [0.15, 0.2) is 48.5 Å². The van der Waals surface area contributed by atoms with Crippen LogP contribution in [0, 0.1) is 13.8 Å². The van der Waals surface area contributed by atoms with Crippen molar-refractivity contribution in [3.05, 3.63) is 82.2 Å². The molecule has 0 unspecified atom stereocenters. The number of ether oxygens (including phenoxy) is 3. The highest BCUT2D eigenvalue weighted by molar-refractivity contribution is 6.02. The highest BCUT2D eigenvalue weighted by Crippen LogP contribution is 2.44.